The molecule has 1 aromatic rings. The van der Waals surface area contributed by atoms with E-state index in [0.717, 1.165) is 5.75 Å². The third-order valence-corrected chi connectivity index (χ3v) is 4.76. The molecule has 0 saturated heterocycles. The largest absolute Gasteiger partial charge is 0.495 e. The lowest BCUT2D eigenvalue weighted by Crippen LogP contribution is -2.33. The molecule has 0 aromatic heterocycles. The van der Waals surface area contributed by atoms with Gasteiger partial charge in [0, 0.05) is 12.0 Å². The third kappa shape index (κ3) is 2.61. The molecule has 0 aliphatic heterocycles. The van der Waals surface area contributed by atoms with Gasteiger partial charge in [-0.25, -0.2) is 0 Å². The van der Waals surface area contributed by atoms with Crippen molar-refractivity contribution < 1.29 is 4.74 Å². The van der Waals surface area contributed by atoms with E-state index in [2.05, 4.69) is 26.0 Å². The van der Waals surface area contributed by atoms with E-state index in [-0.39, 0.29) is 5.41 Å². The highest BCUT2D eigenvalue weighted by Crippen LogP contribution is 2.45. The molecular weight excluding hydrogens is 258 g/mol. The van der Waals surface area contributed by atoms with Crippen LogP contribution in [0.5, 0.6) is 5.75 Å². The van der Waals surface area contributed by atoms with Crippen LogP contribution in [0.1, 0.15) is 56.6 Å². The zero-order valence-electron chi connectivity index (χ0n) is 12.1. The Morgan fingerprint density at radius 1 is 1.32 bits per heavy atom. The fourth-order valence-electron chi connectivity index (χ4n) is 3.30. The van der Waals surface area contributed by atoms with E-state index in [1.165, 1.54) is 36.8 Å². The molecule has 0 bridgehead atoms. The number of hydrogen-bond acceptors (Lipinski definition) is 2. The van der Waals surface area contributed by atoms with E-state index in [4.69, 9.17) is 22.1 Å². The van der Waals surface area contributed by atoms with E-state index in [0.29, 0.717) is 17.5 Å². The van der Waals surface area contributed by atoms with Gasteiger partial charge in [0.1, 0.15) is 5.75 Å². The molecule has 2 N–H and O–H groups in total. The van der Waals surface area contributed by atoms with E-state index in [9.17, 15) is 0 Å². The summed E-state index contributed by atoms with van der Waals surface area (Å²) in [5, 5.41) is 0.696. The first-order chi connectivity index (χ1) is 9.04. The molecule has 0 spiro atoms. The topological polar surface area (TPSA) is 35.2 Å². The summed E-state index contributed by atoms with van der Waals surface area (Å²) >= 11 is 6.34. The van der Waals surface area contributed by atoms with Gasteiger partial charge in [0.25, 0.3) is 0 Å². The summed E-state index contributed by atoms with van der Waals surface area (Å²) < 4.78 is 5.36. The van der Waals surface area contributed by atoms with Crippen LogP contribution in [0.2, 0.25) is 5.02 Å². The summed E-state index contributed by atoms with van der Waals surface area (Å²) in [6.45, 7) is 5.13. The van der Waals surface area contributed by atoms with E-state index < -0.39 is 0 Å². The molecule has 1 saturated carbocycles. The maximum atomic E-state index is 6.34. The van der Waals surface area contributed by atoms with E-state index >= 15 is 0 Å². The second kappa shape index (κ2) is 5.72. The summed E-state index contributed by atoms with van der Waals surface area (Å²) in [5.74, 6) is 1.21. The van der Waals surface area contributed by atoms with Crippen LogP contribution in [0.25, 0.3) is 0 Å². The first kappa shape index (κ1) is 14.7. The van der Waals surface area contributed by atoms with Crippen LogP contribution < -0.4 is 10.5 Å². The molecule has 1 aromatic carbocycles. The number of ether oxygens (including phenoxy) is 1. The van der Waals surface area contributed by atoms with Crippen molar-refractivity contribution in [1.82, 2.24) is 0 Å². The van der Waals surface area contributed by atoms with Gasteiger partial charge in [-0.05, 0) is 42.0 Å². The molecule has 0 radical (unpaired) electrons. The standard InChI is InChI=1S/C16H24ClNO/c1-11(2)12-8-15(19-3)14(17)9-13(12)16(10-18)6-4-5-7-16/h8-9,11H,4-7,10,18H2,1-3H3. The van der Waals surface area contributed by atoms with Gasteiger partial charge in [-0.1, -0.05) is 38.3 Å². The molecule has 2 nitrogen and oxygen atoms in total. The second-order valence-corrected chi connectivity index (χ2v) is 6.33. The highest BCUT2D eigenvalue weighted by molar-refractivity contribution is 6.32. The Labute approximate surface area is 121 Å². The lowest BCUT2D eigenvalue weighted by Gasteiger charge is -2.32. The molecule has 106 valence electrons. The number of hydrogen-bond donors (Lipinski definition) is 1. The molecule has 0 atom stereocenters. The van der Waals surface area contributed by atoms with Crippen molar-refractivity contribution in [3.63, 3.8) is 0 Å². The third-order valence-electron chi connectivity index (χ3n) is 4.47. The molecule has 19 heavy (non-hydrogen) atoms. The summed E-state index contributed by atoms with van der Waals surface area (Å²) in [6.07, 6.45) is 4.87. The molecule has 3 heteroatoms. The quantitative estimate of drug-likeness (QED) is 0.896. The number of rotatable bonds is 4. The van der Waals surface area contributed by atoms with Crippen molar-refractivity contribution in [2.24, 2.45) is 5.73 Å². The smallest absolute Gasteiger partial charge is 0.137 e. The minimum absolute atomic E-state index is 0.121. The number of methoxy groups -OCH3 is 1. The van der Waals surface area contributed by atoms with Crippen molar-refractivity contribution in [2.75, 3.05) is 13.7 Å². The molecule has 0 amide bonds. The van der Waals surface area contributed by atoms with Gasteiger partial charge in [-0.2, -0.15) is 0 Å². The van der Waals surface area contributed by atoms with Crippen molar-refractivity contribution in [3.8, 4) is 5.75 Å². The van der Waals surface area contributed by atoms with Crippen molar-refractivity contribution >= 4 is 11.6 Å². The maximum Gasteiger partial charge on any atom is 0.137 e. The number of halogens is 1. The monoisotopic (exact) mass is 281 g/mol. The number of benzene rings is 1. The van der Waals surface area contributed by atoms with Gasteiger partial charge in [-0.15, -0.1) is 0 Å². The van der Waals surface area contributed by atoms with Crippen LogP contribution in [0.3, 0.4) is 0 Å². The fourth-order valence-corrected chi connectivity index (χ4v) is 3.54. The molecule has 1 aliphatic carbocycles. The minimum Gasteiger partial charge on any atom is -0.495 e. The van der Waals surface area contributed by atoms with Gasteiger partial charge in [0.05, 0.1) is 12.1 Å². The van der Waals surface area contributed by atoms with Gasteiger partial charge in [0.15, 0.2) is 0 Å². The Balaban J connectivity index is 2.57. The lowest BCUT2D eigenvalue weighted by molar-refractivity contribution is 0.410. The molecule has 0 unspecified atom stereocenters. The van der Waals surface area contributed by atoms with Gasteiger partial charge in [-0.3, -0.25) is 0 Å². The number of nitrogens with two attached hydrogens (primary N) is 1. The molecule has 0 heterocycles. The fraction of sp³-hybridized carbons (Fsp3) is 0.625. The van der Waals surface area contributed by atoms with Crippen molar-refractivity contribution in [2.45, 2.75) is 50.9 Å². The highest BCUT2D eigenvalue weighted by Gasteiger charge is 2.36. The first-order valence-electron chi connectivity index (χ1n) is 7.12. The molecule has 1 aliphatic rings. The van der Waals surface area contributed by atoms with E-state index in [1.807, 2.05) is 0 Å². The zero-order valence-corrected chi connectivity index (χ0v) is 12.9. The predicted octanol–water partition coefficient (Wildman–Crippen LogP) is 4.24. The van der Waals surface area contributed by atoms with Crippen LogP contribution >= 0.6 is 11.6 Å². The second-order valence-electron chi connectivity index (χ2n) is 5.92. The lowest BCUT2D eigenvalue weighted by atomic mass is 9.75. The molecule has 2 rings (SSSR count). The summed E-state index contributed by atoms with van der Waals surface area (Å²) in [5.41, 5.74) is 8.91. The SMILES string of the molecule is COc1cc(C(C)C)c(C2(CN)CCCC2)cc1Cl. The Kier molecular flexibility index (Phi) is 4.42. The summed E-state index contributed by atoms with van der Waals surface area (Å²) in [6, 6.07) is 4.19. The van der Waals surface area contributed by atoms with Crippen molar-refractivity contribution in [1.29, 1.82) is 0 Å². The Morgan fingerprint density at radius 3 is 2.42 bits per heavy atom. The average Bonchev–Trinajstić information content (AvgIpc) is 2.88. The molecule has 1 fully saturated rings. The normalized spacial score (nSPS) is 18.0. The maximum absolute atomic E-state index is 6.34. The van der Waals surface area contributed by atoms with Gasteiger partial charge in [0.2, 0.25) is 0 Å². The Morgan fingerprint density at radius 2 is 1.95 bits per heavy atom. The Bertz CT molecular complexity index is 450. The summed E-state index contributed by atoms with van der Waals surface area (Å²) in [7, 11) is 1.67. The zero-order chi connectivity index (χ0) is 14.0. The van der Waals surface area contributed by atoms with Gasteiger partial charge >= 0.3 is 0 Å². The van der Waals surface area contributed by atoms with Crippen LogP contribution in [0, 0.1) is 0 Å². The predicted molar refractivity (Wildman–Crippen MR) is 81.3 cm³/mol. The summed E-state index contributed by atoms with van der Waals surface area (Å²) in [4.78, 5) is 0. The first-order valence-corrected chi connectivity index (χ1v) is 7.50. The van der Waals surface area contributed by atoms with Crippen LogP contribution in [0.15, 0.2) is 12.1 Å². The molecular formula is C16H24ClNO. The van der Waals surface area contributed by atoms with Crippen LogP contribution in [0.4, 0.5) is 0 Å². The minimum atomic E-state index is 0.121. The van der Waals surface area contributed by atoms with Crippen molar-refractivity contribution in [3.05, 3.63) is 28.3 Å². The average molecular weight is 282 g/mol. The van der Waals surface area contributed by atoms with Crippen LogP contribution in [-0.2, 0) is 5.41 Å². The van der Waals surface area contributed by atoms with Gasteiger partial charge < -0.3 is 10.5 Å². The highest BCUT2D eigenvalue weighted by atomic mass is 35.5. The van der Waals surface area contributed by atoms with E-state index in [1.54, 1.807) is 7.11 Å². The Hall–Kier alpha value is -0.730. The van der Waals surface area contributed by atoms with Crippen LogP contribution in [-0.4, -0.2) is 13.7 Å².